The molecule has 5 heterocycles. The maximum absolute atomic E-state index is 11.9. The van der Waals surface area contributed by atoms with E-state index in [0.29, 0.717) is 63.4 Å². The van der Waals surface area contributed by atoms with Crippen molar-refractivity contribution < 1.29 is 88.9 Å². The average Bonchev–Trinajstić information content (AvgIpc) is 3.64. The van der Waals surface area contributed by atoms with Gasteiger partial charge in [0.1, 0.15) is 5.60 Å². The van der Waals surface area contributed by atoms with Crippen molar-refractivity contribution in [3.63, 3.8) is 0 Å². The van der Waals surface area contributed by atoms with E-state index in [9.17, 15) is 24.9 Å². The van der Waals surface area contributed by atoms with E-state index < -0.39 is 17.5 Å². The Balaban J connectivity index is 0.00000325. The summed E-state index contributed by atoms with van der Waals surface area (Å²) in [6, 6.07) is 0. The normalized spacial score (nSPS) is 21.3. The van der Waals surface area contributed by atoms with Crippen molar-refractivity contribution in [2.75, 3.05) is 6.61 Å². The number of fused-ring (bicyclic) bond motifs is 5. The van der Waals surface area contributed by atoms with E-state index in [-0.39, 0.29) is 84.8 Å². The molecule has 5 rings (SSSR count). The van der Waals surface area contributed by atoms with E-state index in [1.54, 1.807) is 43.5 Å². The fourth-order valence-electron chi connectivity index (χ4n) is 6.04. The van der Waals surface area contributed by atoms with Crippen LogP contribution in [0.2, 0.25) is 0 Å². The largest absolute Gasteiger partial charge is 1.00 e. The molecule has 0 aromatic rings. The molecule has 0 saturated carbocycles. The van der Waals surface area contributed by atoms with Crippen LogP contribution in [-0.4, -0.2) is 46.4 Å². The molecule has 0 aliphatic carbocycles. The van der Waals surface area contributed by atoms with Crippen molar-refractivity contribution in [1.82, 2.24) is 10.8 Å². The van der Waals surface area contributed by atoms with E-state index in [1.165, 1.54) is 0 Å². The van der Waals surface area contributed by atoms with E-state index in [4.69, 9.17) is 19.8 Å². The third-order valence-corrected chi connectivity index (χ3v) is 8.70. The fraction of sp³-hybridized carbons (Fsp3) is 0.306. The van der Waals surface area contributed by atoms with Crippen LogP contribution in [0.15, 0.2) is 132 Å². The molecule has 8 bridgehead atoms. The molecule has 0 spiro atoms. The van der Waals surface area contributed by atoms with Crippen molar-refractivity contribution >= 4 is 29.1 Å². The number of carboxylic acids is 2. The van der Waals surface area contributed by atoms with Crippen molar-refractivity contribution in [2.45, 2.75) is 65.9 Å². The number of rotatable bonds is 11. The number of allylic oxidation sites excluding steroid dienone is 11. The predicted octanol–water partition coefficient (Wildman–Crippen LogP) is -3.23. The van der Waals surface area contributed by atoms with E-state index in [1.807, 2.05) is 33.8 Å². The molecule has 0 radical (unpaired) electrons. The molecule has 0 fully saturated rings. The average molecular weight is 682 g/mol. The molecule has 1 unspecified atom stereocenters. The Morgan fingerprint density at radius 2 is 1.49 bits per heavy atom. The van der Waals surface area contributed by atoms with Crippen molar-refractivity contribution in [3.8, 4) is 0 Å². The van der Waals surface area contributed by atoms with Gasteiger partial charge in [0.25, 0.3) is 0 Å². The molecule has 1 atom stereocenters. The zero-order chi connectivity index (χ0) is 34.0. The van der Waals surface area contributed by atoms with Crippen molar-refractivity contribution in [1.29, 1.82) is 0 Å². The van der Waals surface area contributed by atoms with Gasteiger partial charge in [-0.25, -0.2) is 15.0 Å². The maximum atomic E-state index is 11.9. The van der Waals surface area contributed by atoms with Crippen LogP contribution < -0.4 is 80.1 Å². The van der Waals surface area contributed by atoms with Gasteiger partial charge in [0.05, 0.1) is 46.5 Å². The maximum Gasteiger partial charge on any atom is 1.00 e. The number of aliphatic hydroxyl groups is 1. The number of hydrogen-bond acceptors (Lipinski definition) is 11. The molecule has 0 aromatic carbocycles. The van der Waals surface area contributed by atoms with Gasteiger partial charge >= 0.3 is 59.1 Å². The van der Waals surface area contributed by atoms with Crippen LogP contribution in [0.25, 0.3) is 0 Å². The first kappa shape index (κ1) is 40.3. The summed E-state index contributed by atoms with van der Waals surface area (Å²) in [6.07, 6.45) is 12.2. The number of carbonyl (C=O) groups is 2. The monoisotopic (exact) mass is 681 g/mol. The minimum atomic E-state index is -1.47. The SMILES string of the molecule is C=CC1=C(C)C2=CC3=NC(=CC4=NC(=CC5=C(/C=C/NOCC)C(C)(O)C(=CC1=N2)N5)C(C)=C4CCC(=O)[O-])C(CCC(=O)[O-])=C3C.[Na+].[Na+]. The molecule has 3 N–H and O–H groups in total. The van der Waals surface area contributed by atoms with Crippen LogP contribution in [0.4, 0.5) is 0 Å². The summed E-state index contributed by atoms with van der Waals surface area (Å²) in [5.41, 5.74) is 10.9. The molecule has 0 aromatic heterocycles. The number of carboxylic acid groups (broad SMARTS) is 2. The topological polar surface area (TPSA) is 171 Å². The molecule has 5 aliphatic rings. The van der Waals surface area contributed by atoms with E-state index >= 15 is 0 Å². The molecule has 11 nitrogen and oxygen atoms in total. The van der Waals surface area contributed by atoms with Gasteiger partial charge < -0.3 is 30.2 Å². The number of aliphatic imine (C=N–C) groups is 3. The Kier molecular flexibility index (Phi) is 13.8. The second-order valence-corrected chi connectivity index (χ2v) is 11.7. The molecule has 244 valence electrons. The molecular formula is C36H37N5Na2O6. The summed E-state index contributed by atoms with van der Waals surface area (Å²) < 4.78 is 0. The molecule has 0 saturated heterocycles. The number of hydroxylamine groups is 1. The number of nitrogens with zero attached hydrogens (tertiary/aromatic N) is 3. The van der Waals surface area contributed by atoms with Crippen LogP contribution in [-0.2, 0) is 14.4 Å². The zero-order valence-electron chi connectivity index (χ0n) is 29.1. The van der Waals surface area contributed by atoms with Gasteiger partial charge in [-0.15, -0.1) is 0 Å². The third-order valence-electron chi connectivity index (χ3n) is 8.70. The Hall–Kier alpha value is -3.13. The van der Waals surface area contributed by atoms with Crippen molar-refractivity contribution in [2.24, 2.45) is 15.0 Å². The summed E-state index contributed by atoms with van der Waals surface area (Å²) in [6.45, 7) is 13.6. The fourth-order valence-corrected chi connectivity index (χ4v) is 6.04. The Bertz CT molecular complexity index is 1860. The quantitative estimate of drug-likeness (QED) is 0.116. The van der Waals surface area contributed by atoms with Crippen LogP contribution in [0.1, 0.15) is 60.3 Å². The molecule has 0 amide bonds. The van der Waals surface area contributed by atoms with Gasteiger partial charge in [0, 0.05) is 35.0 Å². The summed E-state index contributed by atoms with van der Waals surface area (Å²) in [5, 5.41) is 38.3. The molecule has 5 aliphatic heterocycles. The van der Waals surface area contributed by atoms with Crippen molar-refractivity contribution in [3.05, 3.63) is 117 Å². The summed E-state index contributed by atoms with van der Waals surface area (Å²) >= 11 is 0. The standard InChI is InChI=1S/C36H39N5O6.2Na/c1-7-22-19(3)26-15-27-20(4)23(9-11-34(42)43)29(38-27)17-30-24(10-12-35(44)45)21(5)28(39-30)16-32-25(13-14-37-47-8-2)36(6,46)33(41-32)18-31(22)40-26;;/h7,13-18,37,41,46H,1,8-12H2,2-6H3,(H,42,43)(H,44,45);;/q;2*+1/p-2/b14-13+,26-15?,28-16?,29-17?,33-18?;;. The molecule has 13 heteroatoms. The zero-order valence-corrected chi connectivity index (χ0v) is 33.1. The van der Waals surface area contributed by atoms with Crippen LogP contribution in [0.5, 0.6) is 0 Å². The summed E-state index contributed by atoms with van der Waals surface area (Å²) in [4.78, 5) is 42.9. The van der Waals surface area contributed by atoms with Gasteiger partial charge in [-0.1, -0.05) is 12.7 Å². The van der Waals surface area contributed by atoms with Gasteiger partial charge in [0.2, 0.25) is 0 Å². The smallest absolute Gasteiger partial charge is 0.550 e. The Labute approximate surface area is 330 Å². The number of aliphatic carboxylic acids is 2. The van der Waals surface area contributed by atoms with Gasteiger partial charge in [-0.05, 0) is 119 Å². The first-order chi connectivity index (χ1) is 22.3. The minimum Gasteiger partial charge on any atom is -0.550 e. The molecular weight excluding hydrogens is 644 g/mol. The van der Waals surface area contributed by atoms with E-state index in [2.05, 4.69) is 17.4 Å². The van der Waals surface area contributed by atoms with Gasteiger partial charge in [0.15, 0.2) is 0 Å². The first-order valence-electron chi connectivity index (χ1n) is 15.4. The second kappa shape index (κ2) is 16.7. The second-order valence-electron chi connectivity index (χ2n) is 11.7. The first-order valence-corrected chi connectivity index (χ1v) is 15.4. The number of carbonyl (C=O) groups excluding carboxylic acids is 2. The van der Waals surface area contributed by atoms with Gasteiger partial charge in [-0.2, -0.15) is 0 Å². The minimum absolute atomic E-state index is 0. The van der Waals surface area contributed by atoms with Crippen LogP contribution in [0, 0.1) is 0 Å². The van der Waals surface area contributed by atoms with Crippen LogP contribution >= 0.6 is 0 Å². The molecule has 49 heavy (non-hydrogen) atoms. The third kappa shape index (κ3) is 8.44. The number of nitrogens with one attached hydrogen (secondary N) is 2. The number of hydrogen-bond donors (Lipinski definition) is 3. The summed E-state index contributed by atoms with van der Waals surface area (Å²) in [7, 11) is 0. The van der Waals surface area contributed by atoms with Crippen LogP contribution in [0.3, 0.4) is 0 Å². The Morgan fingerprint density at radius 3 is 2.12 bits per heavy atom. The Morgan fingerprint density at radius 1 is 0.898 bits per heavy atom. The predicted molar refractivity (Wildman–Crippen MR) is 176 cm³/mol. The van der Waals surface area contributed by atoms with Gasteiger partial charge in [-0.3, -0.25) is 10.3 Å². The van der Waals surface area contributed by atoms with E-state index in [0.717, 1.165) is 27.9 Å². The summed E-state index contributed by atoms with van der Waals surface area (Å²) in [5.74, 6) is -2.37.